The van der Waals surface area contributed by atoms with Gasteiger partial charge in [-0.3, -0.25) is 10.1 Å². The number of fused-ring (bicyclic) bond motifs is 1. The third kappa shape index (κ3) is 4.67. The molecule has 1 amide bonds. The van der Waals surface area contributed by atoms with Crippen LogP contribution in [0.2, 0.25) is 0 Å². The van der Waals surface area contributed by atoms with Crippen molar-refractivity contribution in [1.29, 1.82) is 0 Å². The quantitative estimate of drug-likeness (QED) is 0.544. The Balaban J connectivity index is 1.55. The molecular formula is C22H24N4O4S2. The van der Waals surface area contributed by atoms with E-state index in [1.807, 2.05) is 58.0 Å². The number of aryl methyl sites for hydroxylation is 2. The standard InChI is InChI=1S/C22H24N4O4S2/c1-13-9-10-18-16(11-13)17(12-22(3,4)30-18)26-32(28,29)21-25-24-20(31-21)23-19(27)15-8-6-5-7-14(15)2/h5-11,17,26H,12H2,1-4H3,(H,23,24,27)/t17-/m0/s1. The first kappa shape index (κ1) is 22.4. The highest BCUT2D eigenvalue weighted by atomic mass is 32.2. The molecule has 0 spiro atoms. The number of rotatable bonds is 5. The minimum absolute atomic E-state index is 0.113. The second-order valence-electron chi connectivity index (χ2n) is 8.42. The maximum Gasteiger partial charge on any atom is 0.270 e. The third-order valence-electron chi connectivity index (χ3n) is 5.17. The van der Waals surface area contributed by atoms with Crippen molar-refractivity contribution in [2.75, 3.05) is 5.32 Å². The van der Waals surface area contributed by atoms with E-state index in [2.05, 4.69) is 20.2 Å². The molecule has 0 saturated carbocycles. The topological polar surface area (TPSA) is 110 Å². The summed E-state index contributed by atoms with van der Waals surface area (Å²) in [4.78, 5) is 12.5. The minimum atomic E-state index is -3.97. The SMILES string of the molecule is Cc1ccc2c(c1)[C@@H](NS(=O)(=O)c1nnc(NC(=O)c3ccccc3C)s1)CC(C)(C)O2. The number of aromatic nitrogens is 2. The predicted molar refractivity (Wildman–Crippen MR) is 123 cm³/mol. The summed E-state index contributed by atoms with van der Waals surface area (Å²) in [6.07, 6.45) is 0.457. The number of hydrogen-bond acceptors (Lipinski definition) is 7. The first-order valence-corrected chi connectivity index (χ1v) is 12.4. The average Bonchev–Trinajstić information content (AvgIpc) is 3.17. The smallest absolute Gasteiger partial charge is 0.270 e. The summed E-state index contributed by atoms with van der Waals surface area (Å²) in [6.45, 7) is 7.60. The molecule has 10 heteroatoms. The van der Waals surface area contributed by atoms with Gasteiger partial charge >= 0.3 is 0 Å². The molecule has 0 bridgehead atoms. The number of amides is 1. The fourth-order valence-corrected chi connectivity index (χ4v) is 5.80. The molecule has 8 nitrogen and oxygen atoms in total. The zero-order chi connectivity index (χ0) is 23.1. The molecule has 0 unspecified atom stereocenters. The second-order valence-corrected chi connectivity index (χ2v) is 11.3. The van der Waals surface area contributed by atoms with E-state index in [0.29, 0.717) is 17.7 Å². The lowest BCUT2D eigenvalue weighted by Gasteiger charge is -2.37. The van der Waals surface area contributed by atoms with Crippen LogP contribution in [0.3, 0.4) is 0 Å². The number of anilines is 1. The first-order valence-electron chi connectivity index (χ1n) is 10.1. The van der Waals surface area contributed by atoms with Crippen molar-refractivity contribution >= 4 is 32.4 Å². The van der Waals surface area contributed by atoms with Crippen molar-refractivity contribution in [3.8, 4) is 5.75 Å². The predicted octanol–water partition coefficient (Wildman–Crippen LogP) is 3.99. The number of sulfonamides is 1. The Morgan fingerprint density at radius 3 is 2.66 bits per heavy atom. The zero-order valence-electron chi connectivity index (χ0n) is 18.2. The van der Waals surface area contributed by atoms with Gasteiger partial charge < -0.3 is 4.74 Å². The minimum Gasteiger partial charge on any atom is -0.487 e. The van der Waals surface area contributed by atoms with Crippen LogP contribution < -0.4 is 14.8 Å². The maximum absolute atomic E-state index is 13.1. The van der Waals surface area contributed by atoms with Gasteiger partial charge in [-0.25, -0.2) is 13.1 Å². The molecule has 4 rings (SSSR count). The van der Waals surface area contributed by atoms with Crippen LogP contribution in [-0.2, 0) is 10.0 Å². The van der Waals surface area contributed by atoms with Crippen LogP contribution >= 0.6 is 11.3 Å². The number of benzene rings is 2. The first-order chi connectivity index (χ1) is 15.0. The Morgan fingerprint density at radius 2 is 1.91 bits per heavy atom. The van der Waals surface area contributed by atoms with E-state index in [4.69, 9.17) is 4.74 Å². The fourth-order valence-electron chi connectivity index (χ4n) is 3.68. The van der Waals surface area contributed by atoms with Crippen LogP contribution in [0.15, 0.2) is 46.8 Å². The molecule has 0 saturated heterocycles. The highest BCUT2D eigenvalue weighted by molar-refractivity contribution is 7.91. The van der Waals surface area contributed by atoms with Crippen LogP contribution in [0.4, 0.5) is 5.13 Å². The van der Waals surface area contributed by atoms with Crippen molar-refractivity contribution in [2.45, 2.75) is 50.1 Å². The van der Waals surface area contributed by atoms with Crippen LogP contribution in [-0.4, -0.2) is 30.1 Å². The van der Waals surface area contributed by atoms with Gasteiger partial charge in [0.05, 0.1) is 6.04 Å². The van der Waals surface area contributed by atoms with Crippen molar-refractivity contribution in [1.82, 2.24) is 14.9 Å². The normalized spacial score (nSPS) is 17.3. The summed E-state index contributed by atoms with van der Waals surface area (Å²) in [6, 6.07) is 12.3. The summed E-state index contributed by atoms with van der Waals surface area (Å²) in [5.41, 5.74) is 2.55. The summed E-state index contributed by atoms with van der Waals surface area (Å²) in [5.74, 6) is 0.287. The molecule has 0 aliphatic carbocycles. The Labute approximate surface area is 191 Å². The van der Waals surface area contributed by atoms with E-state index in [1.165, 1.54) is 0 Å². The van der Waals surface area contributed by atoms with E-state index in [-0.39, 0.29) is 15.4 Å². The van der Waals surface area contributed by atoms with Crippen LogP contribution in [0.25, 0.3) is 0 Å². The second kappa shape index (κ2) is 8.27. The van der Waals surface area contributed by atoms with Gasteiger partial charge in [0.25, 0.3) is 15.9 Å². The van der Waals surface area contributed by atoms with Gasteiger partial charge in [-0.2, -0.15) is 0 Å². The van der Waals surface area contributed by atoms with E-state index in [1.54, 1.807) is 12.1 Å². The number of carbonyl (C=O) groups excluding carboxylic acids is 1. The van der Waals surface area contributed by atoms with Gasteiger partial charge in [0.15, 0.2) is 0 Å². The Morgan fingerprint density at radius 1 is 1.16 bits per heavy atom. The molecule has 0 radical (unpaired) electrons. The monoisotopic (exact) mass is 472 g/mol. The number of nitrogens with one attached hydrogen (secondary N) is 2. The molecule has 1 atom stereocenters. The Bertz CT molecular complexity index is 1280. The number of ether oxygens (including phenoxy) is 1. The van der Waals surface area contributed by atoms with E-state index in [9.17, 15) is 13.2 Å². The van der Waals surface area contributed by atoms with Gasteiger partial charge in [-0.1, -0.05) is 47.2 Å². The summed E-state index contributed by atoms with van der Waals surface area (Å²) in [5, 5.41) is 10.4. The third-order valence-corrected chi connectivity index (χ3v) is 7.84. The lowest BCUT2D eigenvalue weighted by molar-refractivity contribution is 0.0701. The Kier molecular flexibility index (Phi) is 5.78. The lowest BCUT2D eigenvalue weighted by atomic mass is 9.89. The highest BCUT2D eigenvalue weighted by Crippen LogP contribution is 2.40. The van der Waals surface area contributed by atoms with Crippen molar-refractivity contribution in [2.24, 2.45) is 0 Å². The molecule has 168 valence electrons. The average molecular weight is 473 g/mol. The van der Waals surface area contributed by atoms with Crippen LogP contribution in [0.1, 0.15) is 53.4 Å². The van der Waals surface area contributed by atoms with E-state index in [0.717, 1.165) is 28.0 Å². The number of nitrogens with zero attached hydrogens (tertiary/aromatic N) is 2. The molecule has 0 fully saturated rings. The van der Waals surface area contributed by atoms with E-state index >= 15 is 0 Å². The number of hydrogen-bond donors (Lipinski definition) is 2. The fraction of sp³-hybridized carbons (Fsp3) is 0.318. The molecular weight excluding hydrogens is 448 g/mol. The van der Waals surface area contributed by atoms with Gasteiger partial charge in [-0.05, 0) is 45.4 Å². The molecule has 3 aromatic rings. The van der Waals surface area contributed by atoms with Gasteiger partial charge in [0, 0.05) is 17.5 Å². The van der Waals surface area contributed by atoms with Crippen LogP contribution in [0.5, 0.6) is 5.75 Å². The largest absolute Gasteiger partial charge is 0.487 e. The summed E-state index contributed by atoms with van der Waals surface area (Å²) < 4.78 is 34.7. The zero-order valence-corrected chi connectivity index (χ0v) is 19.8. The number of carbonyl (C=O) groups is 1. The highest BCUT2D eigenvalue weighted by Gasteiger charge is 2.37. The summed E-state index contributed by atoms with van der Waals surface area (Å²) in [7, 11) is -3.97. The molecule has 1 aliphatic rings. The van der Waals surface area contributed by atoms with E-state index < -0.39 is 21.7 Å². The molecule has 1 aliphatic heterocycles. The molecule has 32 heavy (non-hydrogen) atoms. The molecule has 1 aromatic heterocycles. The molecule has 2 aromatic carbocycles. The maximum atomic E-state index is 13.1. The lowest BCUT2D eigenvalue weighted by Crippen LogP contribution is -2.41. The van der Waals surface area contributed by atoms with Crippen LogP contribution in [0, 0.1) is 13.8 Å². The molecule has 2 heterocycles. The van der Waals surface area contributed by atoms with Crippen molar-refractivity contribution in [3.63, 3.8) is 0 Å². The van der Waals surface area contributed by atoms with Crippen molar-refractivity contribution in [3.05, 3.63) is 64.7 Å². The van der Waals surface area contributed by atoms with Crippen molar-refractivity contribution < 1.29 is 17.9 Å². The summed E-state index contributed by atoms with van der Waals surface area (Å²) >= 11 is 0.806. The van der Waals surface area contributed by atoms with Gasteiger partial charge in [0.1, 0.15) is 11.4 Å². The molecule has 2 N–H and O–H groups in total. The van der Waals surface area contributed by atoms with Gasteiger partial charge in [0.2, 0.25) is 9.47 Å². The van der Waals surface area contributed by atoms with Gasteiger partial charge in [-0.15, -0.1) is 10.2 Å². The Hall–Kier alpha value is -2.82.